The van der Waals surface area contributed by atoms with Gasteiger partial charge in [0.05, 0.1) is 28.0 Å². The summed E-state index contributed by atoms with van der Waals surface area (Å²) in [4.78, 5) is 4.31. The molecule has 0 N–H and O–H groups in total. The van der Waals surface area contributed by atoms with E-state index in [1.807, 2.05) is 6.92 Å². The minimum atomic E-state index is -3.98. The zero-order valence-corrected chi connectivity index (χ0v) is 17.5. The van der Waals surface area contributed by atoms with Crippen LogP contribution in [0.4, 0.5) is 10.1 Å². The van der Waals surface area contributed by atoms with Crippen LogP contribution in [0.5, 0.6) is 0 Å². The third kappa shape index (κ3) is 4.09. The van der Waals surface area contributed by atoms with E-state index >= 15 is 0 Å². The van der Waals surface area contributed by atoms with Gasteiger partial charge in [0.2, 0.25) is 0 Å². The van der Waals surface area contributed by atoms with Gasteiger partial charge in [0, 0.05) is 9.85 Å². The summed E-state index contributed by atoms with van der Waals surface area (Å²) in [6, 6.07) is 9.82. The molecular weight excluding hydrogens is 463 g/mol. The second-order valence-electron chi connectivity index (χ2n) is 5.42. The Balaban J connectivity index is 2.10. The van der Waals surface area contributed by atoms with Crippen LogP contribution in [-0.4, -0.2) is 13.4 Å². The van der Waals surface area contributed by atoms with Gasteiger partial charge >= 0.3 is 0 Å². The number of hydrogen-bond donors (Lipinski definition) is 0. The SMILES string of the molecule is Cc1nc(CN(c2ccc(F)cc2)S(=O)(=O)c2ccc(Br)cc2Cl)cs1. The number of rotatable bonds is 5. The first kappa shape index (κ1) is 19.3. The zero-order chi connectivity index (χ0) is 18.9. The lowest BCUT2D eigenvalue weighted by atomic mass is 10.3. The molecule has 0 amide bonds. The molecule has 0 saturated heterocycles. The maximum atomic E-state index is 13.3. The second-order valence-corrected chi connectivity index (χ2v) is 9.64. The second kappa shape index (κ2) is 7.64. The van der Waals surface area contributed by atoms with Crippen LogP contribution in [0.15, 0.2) is 57.2 Å². The van der Waals surface area contributed by atoms with Crippen molar-refractivity contribution in [1.29, 1.82) is 0 Å². The monoisotopic (exact) mass is 474 g/mol. The average Bonchev–Trinajstić information content (AvgIpc) is 2.98. The minimum absolute atomic E-state index is 0.0186. The van der Waals surface area contributed by atoms with E-state index in [0.717, 1.165) is 5.01 Å². The third-order valence-electron chi connectivity index (χ3n) is 3.55. The van der Waals surface area contributed by atoms with Crippen LogP contribution in [0.3, 0.4) is 0 Å². The number of aryl methyl sites for hydroxylation is 1. The number of thiazole rings is 1. The lowest BCUT2D eigenvalue weighted by Crippen LogP contribution is -2.31. The van der Waals surface area contributed by atoms with Crippen molar-refractivity contribution in [3.8, 4) is 0 Å². The topological polar surface area (TPSA) is 50.3 Å². The van der Waals surface area contributed by atoms with E-state index < -0.39 is 15.8 Å². The van der Waals surface area contributed by atoms with E-state index in [0.29, 0.717) is 15.9 Å². The van der Waals surface area contributed by atoms with Crippen molar-refractivity contribution in [3.63, 3.8) is 0 Å². The first-order chi connectivity index (χ1) is 12.3. The molecule has 0 aliphatic rings. The third-order valence-corrected chi connectivity index (χ3v) is 7.12. The van der Waals surface area contributed by atoms with Gasteiger partial charge in [0.15, 0.2) is 0 Å². The van der Waals surface area contributed by atoms with Gasteiger partial charge in [-0.2, -0.15) is 0 Å². The maximum Gasteiger partial charge on any atom is 0.266 e. The Morgan fingerprint density at radius 2 is 1.92 bits per heavy atom. The highest BCUT2D eigenvalue weighted by atomic mass is 79.9. The molecule has 0 bridgehead atoms. The smallest absolute Gasteiger partial charge is 0.260 e. The van der Waals surface area contributed by atoms with Gasteiger partial charge in [0.1, 0.15) is 10.7 Å². The highest BCUT2D eigenvalue weighted by Gasteiger charge is 2.28. The Morgan fingerprint density at radius 3 is 2.50 bits per heavy atom. The molecule has 26 heavy (non-hydrogen) atoms. The molecule has 0 saturated carbocycles. The van der Waals surface area contributed by atoms with Crippen LogP contribution in [0.25, 0.3) is 0 Å². The van der Waals surface area contributed by atoms with Crippen molar-refractivity contribution in [3.05, 3.63) is 73.9 Å². The normalized spacial score (nSPS) is 11.5. The molecule has 1 aromatic heterocycles. The summed E-state index contributed by atoms with van der Waals surface area (Å²) >= 11 is 10.9. The predicted molar refractivity (Wildman–Crippen MR) is 106 cm³/mol. The molecule has 4 nitrogen and oxygen atoms in total. The van der Waals surface area contributed by atoms with Gasteiger partial charge in [-0.25, -0.2) is 17.8 Å². The molecule has 136 valence electrons. The fraction of sp³-hybridized carbons (Fsp3) is 0.118. The van der Waals surface area contributed by atoms with Crippen LogP contribution < -0.4 is 4.31 Å². The van der Waals surface area contributed by atoms with E-state index in [9.17, 15) is 12.8 Å². The fourth-order valence-corrected chi connectivity index (χ4v) is 5.41. The van der Waals surface area contributed by atoms with Crippen LogP contribution in [0.1, 0.15) is 10.7 Å². The molecule has 1 heterocycles. The number of aromatic nitrogens is 1. The van der Waals surface area contributed by atoms with Gasteiger partial charge < -0.3 is 0 Å². The molecule has 0 unspecified atom stereocenters. The van der Waals surface area contributed by atoms with Crippen LogP contribution in [-0.2, 0) is 16.6 Å². The number of sulfonamides is 1. The predicted octanol–water partition coefficient (Wildman–Crippen LogP) is 5.40. The molecule has 3 aromatic rings. The van der Waals surface area contributed by atoms with Gasteiger partial charge in [-0.3, -0.25) is 4.31 Å². The number of anilines is 1. The quantitative estimate of drug-likeness (QED) is 0.496. The molecule has 0 spiro atoms. The number of benzene rings is 2. The summed E-state index contributed by atoms with van der Waals surface area (Å²) in [5.41, 5.74) is 0.935. The summed E-state index contributed by atoms with van der Waals surface area (Å²) < 4.78 is 41.7. The van der Waals surface area contributed by atoms with Gasteiger partial charge in [0.25, 0.3) is 10.0 Å². The highest BCUT2D eigenvalue weighted by molar-refractivity contribution is 9.10. The summed E-state index contributed by atoms with van der Waals surface area (Å²) in [5.74, 6) is -0.447. The van der Waals surface area contributed by atoms with Gasteiger partial charge in [-0.05, 0) is 49.4 Å². The van der Waals surface area contributed by atoms with E-state index in [2.05, 4.69) is 20.9 Å². The fourth-order valence-electron chi connectivity index (χ4n) is 2.35. The maximum absolute atomic E-state index is 13.3. The summed E-state index contributed by atoms with van der Waals surface area (Å²) in [6.45, 7) is 1.86. The number of nitrogens with zero attached hydrogens (tertiary/aromatic N) is 2. The first-order valence-electron chi connectivity index (χ1n) is 7.42. The average molecular weight is 476 g/mol. The lowest BCUT2D eigenvalue weighted by molar-refractivity contribution is 0.589. The molecule has 0 aliphatic heterocycles. The number of hydrogen-bond acceptors (Lipinski definition) is 4. The summed E-state index contributed by atoms with van der Waals surface area (Å²) in [6.07, 6.45) is 0. The molecule has 0 radical (unpaired) electrons. The van der Waals surface area contributed by atoms with Crippen molar-refractivity contribution in [1.82, 2.24) is 4.98 Å². The van der Waals surface area contributed by atoms with Crippen molar-refractivity contribution in [2.75, 3.05) is 4.31 Å². The Morgan fingerprint density at radius 1 is 1.23 bits per heavy atom. The van der Waals surface area contributed by atoms with Crippen molar-refractivity contribution >= 4 is 54.6 Å². The molecular formula is C17H13BrClFN2O2S2. The minimum Gasteiger partial charge on any atom is -0.260 e. The zero-order valence-electron chi connectivity index (χ0n) is 13.5. The largest absolute Gasteiger partial charge is 0.266 e. The molecule has 9 heteroatoms. The van der Waals surface area contributed by atoms with E-state index in [4.69, 9.17) is 11.6 Å². The van der Waals surface area contributed by atoms with E-state index in [1.54, 1.807) is 11.4 Å². The number of halogens is 3. The van der Waals surface area contributed by atoms with Crippen molar-refractivity contribution < 1.29 is 12.8 Å². The Labute approximate surface area is 168 Å². The summed E-state index contributed by atoms with van der Waals surface area (Å²) in [7, 11) is -3.98. The summed E-state index contributed by atoms with van der Waals surface area (Å²) in [5, 5.41) is 2.73. The van der Waals surface area contributed by atoms with Crippen LogP contribution in [0.2, 0.25) is 5.02 Å². The Hall–Kier alpha value is -1.48. The first-order valence-corrected chi connectivity index (χ1v) is 10.9. The Kier molecular flexibility index (Phi) is 5.67. The van der Waals surface area contributed by atoms with Crippen molar-refractivity contribution in [2.45, 2.75) is 18.4 Å². The standard InChI is InChI=1S/C17H13BrClFN2O2S2/c1-11-21-14(10-25-11)9-22(15-5-3-13(20)4-6-15)26(23,24)17-7-2-12(18)8-16(17)19/h2-8,10H,9H2,1H3. The van der Waals surface area contributed by atoms with Gasteiger partial charge in [-0.15, -0.1) is 11.3 Å². The van der Waals surface area contributed by atoms with Crippen LogP contribution >= 0.6 is 38.9 Å². The molecule has 0 fully saturated rings. The van der Waals surface area contributed by atoms with Crippen molar-refractivity contribution in [2.24, 2.45) is 0 Å². The lowest BCUT2D eigenvalue weighted by Gasteiger charge is -2.24. The van der Waals surface area contributed by atoms with E-state index in [1.165, 1.54) is 52.0 Å². The molecule has 0 atom stereocenters. The van der Waals surface area contributed by atoms with E-state index in [-0.39, 0.29) is 16.5 Å². The highest BCUT2D eigenvalue weighted by Crippen LogP contribution is 2.32. The molecule has 0 aliphatic carbocycles. The van der Waals surface area contributed by atoms with Crippen LogP contribution in [0, 0.1) is 12.7 Å². The molecule has 2 aromatic carbocycles. The molecule has 3 rings (SSSR count). The Bertz CT molecular complexity index is 1040. The van der Waals surface area contributed by atoms with Gasteiger partial charge in [-0.1, -0.05) is 27.5 Å².